The topological polar surface area (TPSA) is 45.1 Å². The lowest BCUT2D eigenvalue weighted by atomic mass is 10.0. The van der Waals surface area contributed by atoms with Crippen molar-refractivity contribution in [3.63, 3.8) is 0 Å². The van der Waals surface area contributed by atoms with E-state index in [0.29, 0.717) is 0 Å². The molecule has 2 aromatic rings. The van der Waals surface area contributed by atoms with Crippen LogP contribution in [0.25, 0.3) is 0 Å². The molecule has 1 aliphatic rings. The van der Waals surface area contributed by atoms with Gasteiger partial charge >= 0.3 is 0 Å². The molecule has 1 aliphatic heterocycles. The third-order valence-electron chi connectivity index (χ3n) is 5.37. The Morgan fingerprint density at radius 2 is 1.68 bits per heavy atom. The zero-order valence-corrected chi connectivity index (χ0v) is 16.7. The van der Waals surface area contributed by atoms with Crippen LogP contribution in [0.3, 0.4) is 0 Å². The third-order valence-corrected chi connectivity index (χ3v) is 5.37. The van der Waals surface area contributed by atoms with Gasteiger partial charge in [0.25, 0.3) is 0 Å². The molecular formula is C24H32N2O2. The molecule has 0 atom stereocenters. The van der Waals surface area contributed by atoms with E-state index in [1.165, 1.54) is 37.9 Å². The second-order valence-electron chi connectivity index (χ2n) is 7.51. The van der Waals surface area contributed by atoms with Gasteiger partial charge in [-0.15, -0.1) is 0 Å². The first-order valence-corrected chi connectivity index (χ1v) is 10.6. The molecule has 0 unspecified atom stereocenters. The van der Waals surface area contributed by atoms with Gasteiger partial charge in [0, 0.05) is 6.54 Å². The number of oxime groups is 1. The van der Waals surface area contributed by atoms with E-state index in [-0.39, 0.29) is 0 Å². The summed E-state index contributed by atoms with van der Waals surface area (Å²) in [4.78, 5) is 2.54. The van der Waals surface area contributed by atoms with Crippen molar-refractivity contribution in [1.82, 2.24) is 4.90 Å². The van der Waals surface area contributed by atoms with Gasteiger partial charge in [0.15, 0.2) is 0 Å². The summed E-state index contributed by atoms with van der Waals surface area (Å²) in [5, 5.41) is 12.9. The lowest BCUT2D eigenvalue weighted by Gasteiger charge is -2.26. The summed E-state index contributed by atoms with van der Waals surface area (Å²) in [6.45, 7) is 4.35. The molecule has 2 aromatic carbocycles. The molecule has 150 valence electrons. The zero-order valence-electron chi connectivity index (χ0n) is 16.7. The number of piperidine rings is 1. The van der Waals surface area contributed by atoms with E-state index in [1.807, 2.05) is 30.3 Å². The molecule has 0 aliphatic carbocycles. The van der Waals surface area contributed by atoms with Gasteiger partial charge < -0.3 is 14.8 Å². The van der Waals surface area contributed by atoms with Gasteiger partial charge in [-0.1, -0.05) is 41.9 Å². The maximum Gasteiger partial charge on any atom is 0.119 e. The summed E-state index contributed by atoms with van der Waals surface area (Å²) in [5.74, 6) is 0.879. The van der Waals surface area contributed by atoms with Crippen molar-refractivity contribution in [2.45, 2.75) is 44.9 Å². The van der Waals surface area contributed by atoms with Crippen molar-refractivity contribution < 1.29 is 9.94 Å². The molecule has 0 bridgehead atoms. The van der Waals surface area contributed by atoms with E-state index in [2.05, 4.69) is 34.3 Å². The summed E-state index contributed by atoms with van der Waals surface area (Å²) >= 11 is 0. The SMILES string of the molecule is ON=C(CCCc1ccccc1)c1ccc(OCCCN2CCCCC2)cc1. The van der Waals surface area contributed by atoms with E-state index in [9.17, 15) is 5.21 Å². The molecule has 1 N–H and O–H groups in total. The Bertz CT molecular complexity index is 707. The van der Waals surface area contributed by atoms with Gasteiger partial charge in [-0.25, -0.2) is 0 Å². The summed E-state index contributed by atoms with van der Waals surface area (Å²) in [5.41, 5.74) is 3.00. The maximum atomic E-state index is 9.40. The van der Waals surface area contributed by atoms with Gasteiger partial charge in [0.1, 0.15) is 5.75 Å². The van der Waals surface area contributed by atoms with E-state index in [0.717, 1.165) is 55.9 Å². The number of hydrogen-bond donors (Lipinski definition) is 1. The lowest BCUT2D eigenvalue weighted by Crippen LogP contribution is -2.31. The number of hydrogen-bond acceptors (Lipinski definition) is 4. The molecule has 1 fully saturated rings. The van der Waals surface area contributed by atoms with Crippen LogP contribution in [0.1, 0.15) is 49.7 Å². The minimum atomic E-state index is 0.729. The van der Waals surface area contributed by atoms with E-state index in [4.69, 9.17) is 4.74 Å². The molecule has 28 heavy (non-hydrogen) atoms. The highest BCUT2D eigenvalue weighted by Crippen LogP contribution is 2.16. The van der Waals surface area contributed by atoms with Crippen molar-refractivity contribution in [3.8, 4) is 5.75 Å². The zero-order chi connectivity index (χ0) is 19.4. The fourth-order valence-corrected chi connectivity index (χ4v) is 3.76. The minimum absolute atomic E-state index is 0.729. The van der Waals surface area contributed by atoms with Gasteiger partial charge in [-0.2, -0.15) is 0 Å². The Hall–Kier alpha value is -2.33. The average molecular weight is 381 g/mol. The number of rotatable bonds is 10. The van der Waals surface area contributed by atoms with Crippen LogP contribution < -0.4 is 4.74 Å². The smallest absolute Gasteiger partial charge is 0.119 e. The molecule has 0 spiro atoms. The predicted octanol–water partition coefficient (Wildman–Crippen LogP) is 5.14. The van der Waals surface area contributed by atoms with Crippen molar-refractivity contribution in [3.05, 3.63) is 65.7 Å². The molecular weight excluding hydrogens is 348 g/mol. The predicted molar refractivity (Wildman–Crippen MR) is 115 cm³/mol. The molecule has 0 amide bonds. The lowest BCUT2D eigenvalue weighted by molar-refractivity contribution is 0.205. The average Bonchev–Trinajstić information content (AvgIpc) is 2.76. The van der Waals surface area contributed by atoms with Crippen LogP contribution in [0.15, 0.2) is 59.8 Å². The largest absolute Gasteiger partial charge is 0.494 e. The van der Waals surface area contributed by atoms with E-state index in [1.54, 1.807) is 0 Å². The van der Waals surface area contributed by atoms with Gasteiger partial charge in [-0.05, 0) is 87.0 Å². The molecule has 0 aromatic heterocycles. The molecule has 1 heterocycles. The van der Waals surface area contributed by atoms with Crippen LogP contribution in [-0.4, -0.2) is 42.1 Å². The highest BCUT2D eigenvalue weighted by atomic mass is 16.5. The Balaban J connectivity index is 1.39. The minimum Gasteiger partial charge on any atom is -0.494 e. The third kappa shape index (κ3) is 6.68. The van der Waals surface area contributed by atoms with Gasteiger partial charge in [0.2, 0.25) is 0 Å². The number of likely N-dealkylation sites (tertiary alicyclic amines) is 1. The van der Waals surface area contributed by atoms with Crippen LogP contribution in [0, 0.1) is 0 Å². The Morgan fingerprint density at radius 3 is 2.39 bits per heavy atom. The van der Waals surface area contributed by atoms with Crippen LogP contribution in [0.4, 0.5) is 0 Å². The van der Waals surface area contributed by atoms with Crippen molar-refractivity contribution in [1.29, 1.82) is 0 Å². The highest BCUT2D eigenvalue weighted by molar-refractivity contribution is 6.00. The number of ether oxygens (including phenoxy) is 1. The molecule has 4 nitrogen and oxygen atoms in total. The molecule has 0 saturated carbocycles. The Morgan fingerprint density at radius 1 is 0.929 bits per heavy atom. The first-order chi connectivity index (χ1) is 13.8. The van der Waals surface area contributed by atoms with Crippen LogP contribution in [0.5, 0.6) is 5.75 Å². The summed E-state index contributed by atoms with van der Waals surface area (Å²) < 4.78 is 5.88. The molecule has 0 radical (unpaired) electrons. The number of nitrogens with zero attached hydrogens (tertiary/aromatic N) is 2. The molecule has 1 saturated heterocycles. The fourth-order valence-electron chi connectivity index (χ4n) is 3.76. The normalized spacial score (nSPS) is 15.5. The maximum absolute atomic E-state index is 9.40. The van der Waals surface area contributed by atoms with Crippen molar-refractivity contribution in [2.75, 3.05) is 26.2 Å². The van der Waals surface area contributed by atoms with Crippen molar-refractivity contribution in [2.24, 2.45) is 5.16 Å². The van der Waals surface area contributed by atoms with E-state index >= 15 is 0 Å². The quantitative estimate of drug-likeness (QED) is 0.269. The summed E-state index contributed by atoms with van der Waals surface area (Å²) in [6, 6.07) is 18.3. The fraction of sp³-hybridized carbons (Fsp3) is 0.458. The molecule has 3 rings (SSSR count). The molecule has 4 heteroatoms. The number of aryl methyl sites for hydroxylation is 1. The van der Waals surface area contributed by atoms with Crippen molar-refractivity contribution >= 4 is 5.71 Å². The van der Waals surface area contributed by atoms with Gasteiger partial charge in [-0.3, -0.25) is 0 Å². The number of benzene rings is 2. The monoisotopic (exact) mass is 380 g/mol. The van der Waals surface area contributed by atoms with Gasteiger partial charge in [0.05, 0.1) is 12.3 Å². The highest BCUT2D eigenvalue weighted by Gasteiger charge is 2.09. The second-order valence-corrected chi connectivity index (χ2v) is 7.51. The summed E-state index contributed by atoms with van der Waals surface area (Å²) in [6.07, 6.45) is 7.80. The van der Waals surface area contributed by atoms with Crippen LogP contribution in [-0.2, 0) is 6.42 Å². The van der Waals surface area contributed by atoms with E-state index < -0.39 is 0 Å². The van der Waals surface area contributed by atoms with Crippen LogP contribution >= 0.6 is 0 Å². The second kappa shape index (κ2) is 11.5. The Labute approximate surface area is 168 Å². The Kier molecular flexibility index (Phi) is 8.38. The first-order valence-electron chi connectivity index (χ1n) is 10.6. The summed E-state index contributed by atoms with van der Waals surface area (Å²) in [7, 11) is 0. The van der Waals surface area contributed by atoms with Crippen LogP contribution in [0.2, 0.25) is 0 Å². The standard InChI is InChI=1S/C24H32N2O2/c27-25-24(12-7-11-21-9-3-1-4-10-21)22-13-15-23(16-14-22)28-20-8-19-26-17-5-2-6-18-26/h1,3-4,9-10,13-16,27H,2,5-8,11-12,17-20H2. The first kappa shape index (κ1) is 20.4.